The van der Waals surface area contributed by atoms with E-state index in [1.54, 1.807) is 6.07 Å². The molecule has 1 unspecified atom stereocenters. The maximum atomic E-state index is 9.93. The van der Waals surface area contributed by atoms with Gasteiger partial charge in [-0.2, -0.15) is 0 Å². The molecule has 0 aliphatic heterocycles. The zero-order valence-corrected chi connectivity index (χ0v) is 13.4. The molecule has 0 heterocycles. The highest BCUT2D eigenvalue weighted by molar-refractivity contribution is 9.10. The largest absolute Gasteiger partial charge is 0.503 e. The molecule has 0 radical (unpaired) electrons. The van der Waals surface area contributed by atoms with Crippen LogP contribution in [0.25, 0.3) is 0 Å². The maximum absolute atomic E-state index is 9.93. The van der Waals surface area contributed by atoms with Gasteiger partial charge in [0.2, 0.25) is 0 Å². The molecule has 0 spiro atoms. The minimum Gasteiger partial charge on any atom is -0.503 e. The van der Waals surface area contributed by atoms with Crippen molar-refractivity contribution in [2.75, 3.05) is 13.7 Å². The smallest absolute Gasteiger partial charge is 0.172 e. The van der Waals surface area contributed by atoms with Crippen LogP contribution in [0.2, 0.25) is 0 Å². The molecule has 0 aliphatic carbocycles. The number of hydrogen-bond donors (Lipinski definition) is 3. The van der Waals surface area contributed by atoms with Crippen LogP contribution in [0.3, 0.4) is 0 Å². The number of nitrogens with one attached hydrogen (secondary N) is 1. The Hall–Kier alpha value is -0.780. The van der Waals surface area contributed by atoms with Gasteiger partial charge in [-0.05, 0) is 39.0 Å². The summed E-state index contributed by atoms with van der Waals surface area (Å²) in [7, 11) is 1.52. The lowest BCUT2D eigenvalue weighted by Crippen LogP contribution is -2.36. The number of aliphatic hydroxyl groups is 1. The van der Waals surface area contributed by atoms with E-state index < -0.39 is 6.10 Å². The van der Waals surface area contributed by atoms with E-state index in [0.29, 0.717) is 23.3 Å². The first-order valence-corrected chi connectivity index (χ1v) is 6.99. The van der Waals surface area contributed by atoms with E-state index in [2.05, 4.69) is 21.2 Å². The lowest BCUT2D eigenvalue weighted by molar-refractivity contribution is 0.0627. The summed E-state index contributed by atoms with van der Waals surface area (Å²) in [6.07, 6.45) is -0.407. The number of rotatable bonds is 5. The lowest BCUT2D eigenvalue weighted by atomic mass is 9.89. The monoisotopic (exact) mass is 331 g/mol. The third kappa shape index (κ3) is 4.67. The van der Waals surface area contributed by atoms with Gasteiger partial charge >= 0.3 is 0 Å². The Labute approximate surface area is 122 Å². The summed E-state index contributed by atoms with van der Waals surface area (Å²) in [5, 5.41) is 22.8. The minimum atomic E-state index is -0.407. The van der Waals surface area contributed by atoms with E-state index in [9.17, 15) is 10.2 Å². The zero-order chi connectivity index (χ0) is 14.6. The van der Waals surface area contributed by atoms with Gasteiger partial charge in [0.25, 0.3) is 0 Å². The molecule has 5 heteroatoms. The fraction of sp³-hybridized carbons (Fsp3) is 0.571. The van der Waals surface area contributed by atoms with Crippen molar-refractivity contribution in [2.24, 2.45) is 5.41 Å². The SMILES string of the molecule is COc1cc(CNCC(O)C(C)(C)C)cc(Br)c1O. The Bertz CT molecular complexity index is 429. The Kier molecular flexibility index (Phi) is 5.64. The standard InChI is InChI=1S/C14H22BrNO3/c1-14(2,3)12(17)8-16-7-9-5-10(15)13(18)11(6-9)19-4/h5-6,12,16-18H,7-8H2,1-4H3. The van der Waals surface area contributed by atoms with Gasteiger partial charge in [0.1, 0.15) is 0 Å². The van der Waals surface area contributed by atoms with Crippen LogP contribution in [0, 0.1) is 5.41 Å². The number of phenols is 1. The highest BCUT2D eigenvalue weighted by Crippen LogP contribution is 2.35. The van der Waals surface area contributed by atoms with E-state index in [4.69, 9.17) is 4.74 Å². The molecule has 0 aliphatic rings. The summed E-state index contributed by atoms with van der Waals surface area (Å²) >= 11 is 3.28. The highest BCUT2D eigenvalue weighted by Gasteiger charge is 2.21. The first-order chi connectivity index (χ1) is 8.75. The number of ether oxygens (including phenoxy) is 1. The fourth-order valence-electron chi connectivity index (χ4n) is 1.54. The van der Waals surface area contributed by atoms with Crippen LogP contribution >= 0.6 is 15.9 Å². The van der Waals surface area contributed by atoms with Crippen molar-refractivity contribution >= 4 is 15.9 Å². The van der Waals surface area contributed by atoms with E-state index in [-0.39, 0.29) is 11.2 Å². The molecule has 1 aromatic carbocycles. The Balaban J connectivity index is 2.62. The van der Waals surface area contributed by atoms with Crippen molar-refractivity contribution in [3.63, 3.8) is 0 Å². The highest BCUT2D eigenvalue weighted by atomic mass is 79.9. The average molecular weight is 332 g/mol. The van der Waals surface area contributed by atoms with Crippen molar-refractivity contribution in [1.82, 2.24) is 5.32 Å². The predicted octanol–water partition coefficient (Wildman–Crippen LogP) is 2.66. The van der Waals surface area contributed by atoms with Crippen LogP contribution in [-0.2, 0) is 6.54 Å². The summed E-state index contributed by atoms with van der Waals surface area (Å²) in [5.41, 5.74) is 0.836. The third-order valence-electron chi connectivity index (χ3n) is 2.97. The third-order valence-corrected chi connectivity index (χ3v) is 3.58. The number of phenolic OH excluding ortho intramolecular Hbond substituents is 1. The van der Waals surface area contributed by atoms with Gasteiger partial charge in [-0.1, -0.05) is 20.8 Å². The maximum Gasteiger partial charge on any atom is 0.172 e. The van der Waals surface area contributed by atoms with Crippen molar-refractivity contribution in [3.8, 4) is 11.5 Å². The summed E-state index contributed by atoms with van der Waals surface area (Å²) in [5.74, 6) is 0.531. The molecule has 0 saturated heterocycles. The molecular weight excluding hydrogens is 310 g/mol. The van der Waals surface area contributed by atoms with Gasteiger partial charge < -0.3 is 20.3 Å². The van der Waals surface area contributed by atoms with Gasteiger partial charge in [0, 0.05) is 13.1 Å². The van der Waals surface area contributed by atoms with Gasteiger partial charge in [-0.15, -0.1) is 0 Å². The number of hydrogen-bond acceptors (Lipinski definition) is 4. The van der Waals surface area contributed by atoms with Crippen LogP contribution in [0.4, 0.5) is 0 Å². The van der Waals surface area contributed by atoms with Gasteiger partial charge in [0.15, 0.2) is 11.5 Å². The van der Waals surface area contributed by atoms with Gasteiger partial charge in [-0.3, -0.25) is 0 Å². The van der Waals surface area contributed by atoms with Crippen LogP contribution in [0.1, 0.15) is 26.3 Å². The molecule has 1 rings (SSSR count). The zero-order valence-electron chi connectivity index (χ0n) is 11.8. The first kappa shape index (κ1) is 16.3. The van der Waals surface area contributed by atoms with E-state index in [0.717, 1.165) is 5.56 Å². The molecule has 4 nitrogen and oxygen atoms in total. The predicted molar refractivity (Wildman–Crippen MR) is 79.5 cm³/mol. The summed E-state index contributed by atoms with van der Waals surface area (Å²) in [6, 6.07) is 3.60. The Morgan fingerprint density at radius 2 is 2.00 bits per heavy atom. The number of benzene rings is 1. The summed E-state index contributed by atoms with van der Waals surface area (Å²) < 4.78 is 5.69. The minimum absolute atomic E-state index is 0.0981. The molecule has 0 bridgehead atoms. The van der Waals surface area contributed by atoms with E-state index >= 15 is 0 Å². The Morgan fingerprint density at radius 1 is 1.37 bits per heavy atom. The molecule has 1 aromatic rings. The molecule has 0 saturated carbocycles. The van der Waals surface area contributed by atoms with Crippen molar-refractivity contribution in [2.45, 2.75) is 33.4 Å². The molecule has 3 N–H and O–H groups in total. The molecule has 19 heavy (non-hydrogen) atoms. The summed E-state index contributed by atoms with van der Waals surface area (Å²) in [4.78, 5) is 0. The van der Waals surface area contributed by atoms with Crippen molar-refractivity contribution in [3.05, 3.63) is 22.2 Å². The molecule has 1 atom stereocenters. The normalized spacial score (nSPS) is 13.4. The topological polar surface area (TPSA) is 61.7 Å². The number of aliphatic hydroxyl groups excluding tert-OH is 1. The molecular formula is C14H22BrNO3. The summed E-state index contributed by atoms with van der Waals surface area (Å²) in [6.45, 7) is 7.12. The number of aromatic hydroxyl groups is 1. The van der Waals surface area contributed by atoms with Gasteiger partial charge in [-0.25, -0.2) is 0 Å². The van der Waals surface area contributed by atoms with Crippen LogP contribution in [0.5, 0.6) is 11.5 Å². The van der Waals surface area contributed by atoms with Crippen LogP contribution in [0.15, 0.2) is 16.6 Å². The van der Waals surface area contributed by atoms with Crippen LogP contribution in [-0.4, -0.2) is 30.0 Å². The van der Waals surface area contributed by atoms with E-state index in [1.165, 1.54) is 7.11 Å². The van der Waals surface area contributed by atoms with E-state index in [1.807, 2.05) is 26.8 Å². The average Bonchev–Trinajstić information content (AvgIpc) is 2.32. The quantitative estimate of drug-likeness (QED) is 0.776. The second kappa shape index (κ2) is 6.59. The molecule has 108 valence electrons. The van der Waals surface area contributed by atoms with Crippen LogP contribution < -0.4 is 10.1 Å². The van der Waals surface area contributed by atoms with Crippen molar-refractivity contribution in [1.29, 1.82) is 0 Å². The lowest BCUT2D eigenvalue weighted by Gasteiger charge is -2.26. The van der Waals surface area contributed by atoms with Crippen molar-refractivity contribution < 1.29 is 14.9 Å². The number of halogens is 1. The van der Waals surface area contributed by atoms with Gasteiger partial charge in [0.05, 0.1) is 17.7 Å². The molecule has 0 amide bonds. The second-order valence-corrected chi connectivity index (χ2v) is 6.50. The fourth-order valence-corrected chi connectivity index (χ4v) is 2.03. The Morgan fingerprint density at radius 3 is 2.53 bits per heavy atom. The number of methoxy groups -OCH3 is 1. The first-order valence-electron chi connectivity index (χ1n) is 6.20. The molecule has 0 fully saturated rings. The molecule has 0 aromatic heterocycles. The second-order valence-electron chi connectivity index (χ2n) is 5.64.